The minimum atomic E-state index is 0.212. The fourth-order valence-corrected chi connectivity index (χ4v) is 2.18. The van der Waals surface area contributed by atoms with E-state index < -0.39 is 0 Å². The maximum Gasteiger partial charge on any atom is -0.0131 e. The Morgan fingerprint density at radius 3 is 1.28 bits per heavy atom. The van der Waals surface area contributed by atoms with Gasteiger partial charge in [-0.15, -0.1) is 0 Å². The number of hydrogen-bond acceptors (Lipinski definition) is 0. The van der Waals surface area contributed by atoms with Gasteiger partial charge >= 0.3 is 0 Å². The molecule has 0 saturated carbocycles. The monoisotopic (exact) mass is 240 g/mol. The Morgan fingerprint density at radius 1 is 0.556 bits per heavy atom. The highest BCUT2D eigenvalue weighted by atomic mass is 14.2. The normalized spacial score (nSPS) is 13.0. The molecular formula is C18H24. The van der Waals surface area contributed by atoms with Crippen LogP contribution in [0.4, 0.5) is 0 Å². The van der Waals surface area contributed by atoms with Crippen molar-refractivity contribution in [3.63, 3.8) is 0 Å². The molecule has 18 heavy (non-hydrogen) atoms. The summed E-state index contributed by atoms with van der Waals surface area (Å²) in [5.74, 6) is 0. The SMILES string of the molecule is CC(C)(C)c1ccc2cc(C(C)(C)C)cc-2cc1. The summed E-state index contributed by atoms with van der Waals surface area (Å²) in [6.45, 7) is 13.6. The highest BCUT2D eigenvalue weighted by molar-refractivity contribution is 5.69. The molecule has 0 unspecified atom stereocenters. The molecule has 0 aromatic carbocycles. The summed E-state index contributed by atoms with van der Waals surface area (Å²) in [5, 5.41) is 0. The van der Waals surface area contributed by atoms with Gasteiger partial charge in [-0.1, -0.05) is 77.9 Å². The van der Waals surface area contributed by atoms with Crippen molar-refractivity contribution in [3.05, 3.63) is 47.5 Å². The molecule has 0 atom stereocenters. The largest absolute Gasteiger partial charge is 0.0579 e. The van der Waals surface area contributed by atoms with Crippen LogP contribution >= 0.6 is 0 Å². The predicted octanol–water partition coefficient (Wildman–Crippen LogP) is 5.39. The molecule has 2 aliphatic carbocycles. The highest BCUT2D eigenvalue weighted by Crippen LogP contribution is 2.33. The third kappa shape index (κ3) is 2.58. The fraction of sp³-hybridized carbons (Fsp3) is 0.444. The van der Waals surface area contributed by atoms with Gasteiger partial charge in [-0.05, 0) is 33.1 Å². The second-order valence-corrected chi connectivity index (χ2v) is 7.28. The standard InChI is InChI=1S/C18H24/c1-17(2,3)15-9-7-13-11-16(18(4,5)6)12-14(13)8-10-15/h7-12H,1-6H3. The van der Waals surface area contributed by atoms with E-state index in [-0.39, 0.29) is 10.8 Å². The quantitative estimate of drug-likeness (QED) is 0.579. The lowest BCUT2D eigenvalue weighted by Gasteiger charge is -2.17. The van der Waals surface area contributed by atoms with E-state index in [4.69, 9.17) is 0 Å². The minimum Gasteiger partial charge on any atom is -0.0579 e. The van der Waals surface area contributed by atoms with Crippen LogP contribution in [-0.2, 0) is 10.8 Å². The average Bonchev–Trinajstić information content (AvgIpc) is 2.50. The molecule has 0 saturated heterocycles. The van der Waals surface area contributed by atoms with Crippen molar-refractivity contribution in [2.75, 3.05) is 0 Å². The van der Waals surface area contributed by atoms with E-state index in [0.717, 1.165) is 0 Å². The fourth-order valence-electron chi connectivity index (χ4n) is 2.18. The Hall–Kier alpha value is -1.30. The van der Waals surface area contributed by atoms with Gasteiger partial charge in [0.05, 0.1) is 0 Å². The average molecular weight is 240 g/mol. The summed E-state index contributed by atoms with van der Waals surface area (Å²) < 4.78 is 0. The van der Waals surface area contributed by atoms with Crippen LogP contribution in [0.5, 0.6) is 0 Å². The van der Waals surface area contributed by atoms with Crippen LogP contribution in [0.2, 0.25) is 0 Å². The van der Waals surface area contributed by atoms with Gasteiger partial charge in [-0.3, -0.25) is 0 Å². The van der Waals surface area contributed by atoms with Gasteiger partial charge in [-0.2, -0.15) is 0 Å². The molecule has 0 bridgehead atoms. The van der Waals surface area contributed by atoms with Crippen LogP contribution in [0, 0.1) is 0 Å². The maximum atomic E-state index is 2.32. The second-order valence-electron chi connectivity index (χ2n) is 7.28. The maximum absolute atomic E-state index is 2.32. The van der Waals surface area contributed by atoms with Crippen LogP contribution in [0.1, 0.15) is 52.7 Å². The first kappa shape index (κ1) is 13.1. The third-order valence-electron chi connectivity index (χ3n) is 3.57. The molecule has 0 amide bonds. The van der Waals surface area contributed by atoms with E-state index in [1.807, 2.05) is 0 Å². The Bertz CT molecular complexity index is 475. The number of rotatable bonds is 0. The Balaban J connectivity index is 2.53. The number of hydrogen-bond donors (Lipinski definition) is 0. The summed E-state index contributed by atoms with van der Waals surface area (Å²) in [6.07, 6.45) is 0. The third-order valence-corrected chi connectivity index (χ3v) is 3.57. The van der Waals surface area contributed by atoms with Crippen molar-refractivity contribution >= 4 is 0 Å². The van der Waals surface area contributed by atoms with Gasteiger partial charge in [0.2, 0.25) is 0 Å². The first-order valence-electron chi connectivity index (χ1n) is 6.73. The minimum absolute atomic E-state index is 0.212. The summed E-state index contributed by atoms with van der Waals surface area (Å²) in [7, 11) is 0. The van der Waals surface area contributed by atoms with Crippen LogP contribution in [-0.4, -0.2) is 0 Å². The van der Waals surface area contributed by atoms with Crippen LogP contribution in [0.3, 0.4) is 0 Å². The van der Waals surface area contributed by atoms with Crippen molar-refractivity contribution in [1.82, 2.24) is 0 Å². The molecule has 0 spiro atoms. The van der Waals surface area contributed by atoms with E-state index >= 15 is 0 Å². The Labute approximate surface area is 111 Å². The molecule has 0 aliphatic heterocycles. The van der Waals surface area contributed by atoms with Crippen LogP contribution < -0.4 is 0 Å². The second kappa shape index (κ2) is 4.12. The summed E-state index contributed by atoms with van der Waals surface area (Å²) in [6, 6.07) is 13.7. The molecular weight excluding hydrogens is 216 g/mol. The molecule has 0 radical (unpaired) electrons. The van der Waals surface area contributed by atoms with E-state index in [1.54, 1.807) is 0 Å². The zero-order valence-corrected chi connectivity index (χ0v) is 12.5. The molecule has 0 aromatic rings. The molecule has 2 aliphatic rings. The van der Waals surface area contributed by atoms with Gasteiger partial charge in [0.15, 0.2) is 0 Å². The summed E-state index contributed by atoms with van der Waals surface area (Å²) in [5.41, 5.74) is 5.93. The first-order valence-corrected chi connectivity index (χ1v) is 6.73. The summed E-state index contributed by atoms with van der Waals surface area (Å²) in [4.78, 5) is 0. The molecule has 2 rings (SSSR count). The molecule has 0 heterocycles. The van der Waals surface area contributed by atoms with Crippen molar-refractivity contribution in [3.8, 4) is 11.1 Å². The van der Waals surface area contributed by atoms with Gasteiger partial charge < -0.3 is 0 Å². The lowest BCUT2D eigenvalue weighted by atomic mass is 9.88. The van der Waals surface area contributed by atoms with Gasteiger partial charge in [-0.25, -0.2) is 0 Å². The van der Waals surface area contributed by atoms with Gasteiger partial charge in [0.25, 0.3) is 0 Å². The molecule has 0 aromatic heterocycles. The zero-order chi connectivity index (χ0) is 13.6. The topological polar surface area (TPSA) is 0 Å². The van der Waals surface area contributed by atoms with E-state index in [0.29, 0.717) is 0 Å². The van der Waals surface area contributed by atoms with E-state index in [1.165, 1.54) is 22.3 Å². The smallest absolute Gasteiger partial charge is 0.0131 e. The predicted molar refractivity (Wildman–Crippen MR) is 80.5 cm³/mol. The number of fused-ring (bicyclic) bond motifs is 1. The Morgan fingerprint density at radius 2 is 0.944 bits per heavy atom. The van der Waals surface area contributed by atoms with E-state index in [2.05, 4.69) is 77.9 Å². The molecule has 0 N–H and O–H groups in total. The lowest BCUT2D eigenvalue weighted by Crippen LogP contribution is -2.09. The first-order chi connectivity index (χ1) is 8.18. The highest BCUT2D eigenvalue weighted by Gasteiger charge is 2.18. The van der Waals surface area contributed by atoms with Crippen molar-refractivity contribution < 1.29 is 0 Å². The molecule has 0 fully saturated rings. The van der Waals surface area contributed by atoms with Crippen molar-refractivity contribution in [2.24, 2.45) is 0 Å². The van der Waals surface area contributed by atoms with Crippen LogP contribution in [0.25, 0.3) is 11.1 Å². The Kier molecular flexibility index (Phi) is 3.01. The molecule has 96 valence electrons. The van der Waals surface area contributed by atoms with Gasteiger partial charge in [0.1, 0.15) is 0 Å². The summed E-state index contributed by atoms with van der Waals surface area (Å²) >= 11 is 0. The zero-order valence-electron chi connectivity index (χ0n) is 12.5. The molecule has 0 nitrogen and oxygen atoms in total. The van der Waals surface area contributed by atoms with Crippen molar-refractivity contribution in [2.45, 2.75) is 52.4 Å². The van der Waals surface area contributed by atoms with E-state index in [9.17, 15) is 0 Å². The van der Waals surface area contributed by atoms with Crippen molar-refractivity contribution in [1.29, 1.82) is 0 Å². The molecule has 0 heteroatoms. The van der Waals surface area contributed by atoms with Gasteiger partial charge in [0, 0.05) is 0 Å². The van der Waals surface area contributed by atoms with Crippen LogP contribution in [0.15, 0.2) is 36.4 Å². The lowest BCUT2D eigenvalue weighted by molar-refractivity contribution is 0.590.